The zero-order valence-electron chi connectivity index (χ0n) is 44.5. The van der Waals surface area contributed by atoms with Crippen molar-refractivity contribution >= 4 is 35.8 Å². The number of rotatable bonds is 21. The summed E-state index contributed by atoms with van der Waals surface area (Å²) in [6, 6.07) is 12.1. The quantitative estimate of drug-likeness (QED) is 0.0604. The average molecular weight is 1030 g/mol. The molecule has 0 aromatic heterocycles. The van der Waals surface area contributed by atoms with Gasteiger partial charge >= 0.3 is 18.4 Å². The lowest BCUT2D eigenvalue weighted by molar-refractivity contribution is -0.290. The predicted octanol–water partition coefficient (Wildman–Crippen LogP) is 8.08. The molecule has 2 aliphatic rings. The van der Waals surface area contributed by atoms with Crippen LogP contribution in [-0.4, -0.2) is 112 Å². The lowest BCUT2D eigenvalue weighted by atomic mass is 9.79. The number of carbonyl (C=O) groups is 6. The molecular formula is C54H79F3N7O9. The highest BCUT2D eigenvalue weighted by molar-refractivity contribution is 5.95. The van der Waals surface area contributed by atoms with Crippen LogP contribution in [0, 0.1) is 17.8 Å². The molecule has 2 heterocycles. The van der Waals surface area contributed by atoms with Gasteiger partial charge in [-0.05, 0) is 123 Å². The number of nitrogens with one attached hydrogen (secondary N) is 5. The Morgan fingerprint density at radius 2 is 1.40 bits per heavy atom. The summed E-state index contributed by atoms with van der Waals surface area (Å²) in [7, 11) is 0. The Balaban J connectivity index is 1.58. The van der Waals surface area contributed by atoms with Crippen molar-refractivity contribution in [2.75, 3.05) is 13.1 Å². The number of alkyl carbamates (subject to hydrolysis) is 2. The van der Waals surface area contributed by atoms with Crippen LogP contribution in [0.2, 0.25) is 0 Å². The molecule has 0 unspecified atom stereocenters. The molecule has 2 saturated heterocycles. The van der Waals surface area contributed by atoms with Crippen molar-refractivity contribution in [3.63, 3.8) is 0 Å². The number of nitrogens with zero attached hydrogens (tertiary/aromatic N) is 2. The monoisotopic (exact) mass is 1030 g/mol. The van der Waals surface area contributed by atoms with Crippen molar-refractivity contribution in [2.45, 2.75) is 187 Å². The van der Waals surface area contributed by atoms with Crippen molar-refractivity contribution in [3.05, 3.63) is 83.4 Å². The van der Waals surface area contributed by atoms with Crippen LogP contribution in [-0.2, 0) is 46.9 Å². The summed E-state index contributed by atoms with van der Waals surface area (Å²) in [5, 5.41) is 28.0. The van der Waals surface area contributed by atoms with E-state index < -0.39 is 106 Å². The minimum absolute atomic E-state index is 0.0353. The molecule has 73 heavy (non-hydrogen) atoms. The van der Waals surface area contributed by atoms with E-state index in [0.717, 1.165) is 21.6 Å². The summed E-state index contributed by atoms with van der Waals surface area (Å²) < 4.78 is 57.1. The van der Waals surface area contributed by atoms with Gasteiger partial charge in [-0.25, -0.2) is 9.59 Å². The van der Waals surface area contributed by atoms with Crippen LogP contribution in [0.5, 0.6) is 0 Å². The van der Waals surface area contributed by atoms with Gasteiger partial charge in [0.25, 0.3) is 0 Å². The summed E-state index contributed by atoms with van der Waals surface area (Å²) >= 11 is 0. The van der Waals surface area contributed by atoms with Crippen LogP contribution >= 0.6 is 0 Å². The molecule has 1 radical (unpaired) electrons. The number of likely N-dealkylation sites (tertiary alicyclic amines) is 1. The molecule has 0 aliphatic carbocycles. The molecule has 2 aromatic carbocycles. The van der Waals surface area contributed by atoms with Gasteiger partial charge in [-0.15, -0.1) is 10.3 Å². The second-order valence-electron chi connectivity index (χ2n) is 22.4. The van der Waals surface area contributed by atoms with E-state index in [-0.39, 0.29) is 64.1 Å². The van der Waals surface area contributed by atoms with Gasteiger partial charge in [0.1, 0.15) is 30.3 Å². The first-order chi connectivity index (χ1) is 34.0. The Bertz CT molecular complexity index is 2180. The fourth-order valence-corrected chi connectivity index (χ4v) is 9.70. The molecule has 6 amide bonds. The first kappa shape index (κ1) is 59.9. The fourth-order valence-electron chi connectivity index (χ4n) is 9.70. The molecule has 2 fully saturated rings. The number of alkyl halides is 3. The molecule has 405 valence electrons. The zero-order chi connectivity index (χ0) is 54.5. The molecule has 4 rings (SSSR count). The second-order valence-corrected chi connectivity index (χ2v) is 22.4. The van der Waals surface area contributed by atoms with Crippen molar-refractivity contribution in [2.24, 2.45) is 17.8 Å². The Kier molecular flexibility index (Phi) is 21.3. The molecule has 0 saturated carbocycles. The first-order valence-corrected chi connectivity index (χ1v) is 25.4. The van der Waals surface area contributed by atoms with Gasteiger partial charge in [0, 0.05) is 35.8 Å². The van der Waals surface area contributed by atoms with E-state index in [4.69, 9.17) is 9.47 Å². The van der Waals surface area contributed by atoms with E-state index in [0.29, 0.717) is 18.4 Å². The third kappa shape index (κ3) is 18.6. The minimum Gasteiger partial charge on any atom is -0.445 e. The molecular weight excluding hydrogens is 948 g/mol. The van der Waals surface area contributed by atoms with Gasteiger partial charge in [-0.2, -0.15) is 13.2 Å². The van der Waals surface area contributed by atoms with Crippen molar-refractivity contribution < 1.29 is 56.6 Å². The highest BCUT2D eigenvalue weighted by Gasteiger charge is 2.48. The fraction of sp³-hybridized carbons (Fsp3) is 0.630. The normalized spacial score (nSPS) is 19.1. The standard InChI is InChI=1S/C54H79F3N7O9/c1-34(2)28-38(60-50(70)73-51(5,6)7)30-41(54(55,56)57)40(29-36-20-14-12-15-21-36)48(68)63-27-19-25-43(63)46(66)62-44(35(3)4)47(67)61-42(24-18-26-58-49(69)72-33-37-22-16-13-17-23-37)45(65)59-39-31-52(8,9)64(71)53(10,11)32-39/h12-17,20-23,30,34-35,38-40,42-44H,18-19,24-29,31-33H2,1-11H3,(H,58,69)(H,59,65)(H,60,70)(H,61,67)(H,62,66)/b41-30-/t38-,40-,42-,43+,44+/m1/s1. The number of ether oxygens (including phenoxy) is 2. The zero-order valence-corrected chi connectivity index (χ0v) is 44.5. The van der Waals surface area contributed by atoms with Crippen molar-refractivity contribution in [3.8, 4) is 0 Å². The molecule has 5 atom stereocenters. The Morgan fingerprint density at radius 1 is 0.808 bits per heavy atom. The highest BCUT2D eigenvalue weighted by Crippen LogP contribution is 2.38. The molecule has 0 bridgehead atoms. The first-order valence-electron chi connectivity index (χ1n) is 25.4. The summed E-state index contributed by atoms with van der Waals surface area (Å²) in [4.78, 5) is 84.2. The maximum atomic E-state index is 15.5. The van der Waals surface area contributed by atoms with E-state index in [1.165, 1.54) is 0 Å². The van der Waals surface area contributed by atoms with Gasteiger partial charge in [0.2, 0.25) is 23.6 Å². The van der Waals surface area contributed by atoms with Crippen LogP contribution in [0.25, 0.3) is 0 Å². The van der Waals surface area contributed by atoms with Gasteiger partial charge in [-0.1, -0.05) is 94.4 Å². The number of hydrogen-bond acceptors (Lipinski definition) is 9. The smallest absolute Gasteiger partial charge is 0.413 e. The number of piperidine rings is 1. The highest BCUT2D eigenvalue weighted by atomic mass is 19.4. The largest absolute Gasteiger partial charge is 0.445 e. The van der Waals surface area contributed by atoms with Gasteiger partial charge in [0.15, 0.2) is 0 Å². The molecule has 5 N–H and O–H groups in total. The van der Waals surface area contributed by atoms with Gasteiger partial charge < -0.3 is 41.0 Å². The Labute approximate surface area is 429 Å². The van der Waals surface area contributed by atoms with Gasteiger partial charge in [-0.3, -0.25) is 19.2 Å². The Hall–Kier alpha value is -5.69. The lowest BCUT2D eigenvalue weighted by Crippen LogP contribution is -2.64. The SMILES string of the molecule is CC(C)C[C@H](/C=C(/[C@@H](Cc1ccccc1)C(=O)N1CCC[C@H]1C(=O)N[C@H](C(=O)N[C@H](CCCNC(=O)OCc1ccccc1)C(=O)NC1CC(C)(C)N([O])C(C)(C)C1)C(C)C)C(F)(F)F)NC(=O)OC(C)(C)C. The molecule has 0 spiro atoms. The maximum absolute atomic E-state index is 15.5. The van der Waals surface area contributed by atoms with Crippen LogP contribution in [0.15, 0.2) is 72.3 Å². The summed E-state index contributed by atoms with van der Waals surface area (Å²) in [5.74, 6) is -5.52. The average Bonchev–Trinajstić information content (AvgIpc) is 3.78. The third-order valence-corrected chi connectivity index (χ3v) is 12.9. The van der Waals surface area contributed by atoms with Gasteiger partial charge in [0.05, 0.1) is 12.0 Å². The molecule has 2 aliphatic heterocycles. The maximum Gasteiger partial charge on any atom is 0.413 e. The third-order valence-electron chi connectivity index (χ3n) is 12.9. The molecule has 2 aromatic rings. The Morgan fingerprint density at radius 3 is 1.95 bits per heavy atom. The van der Waals surface area contributed by atoms with Crippen LogP contribution < -0.4 is 26.6 Å². The van der Waals surface area contributed by atoms with Crippen LogP contribution in [0.3, 0.4) is 0 Å². The number of hydrogen-bond donors (Lipinski definition) is 5. The number of carbonyl (C=O) groups excluding carboxylic acids is 6. The van der Waals surface area contributed by atoms with Crippen LogP contribution in [0.1, 0.15) is 132 Å². The minimum atomic E-state index is -5.04. The van der Waals surface area contributed by atoms with E-state index in [1.807, 2.05) is 30.3 Å². The number of amides is 6. The summed E-state index contributed by atoms with van der Waals surface area (Å²) in [6.45, 7) is 19.1. The number of hydroxylamine groups is 2. The number of benzene rings is 2. The van der Waals surface area contributed by atoms with Crippen molar-refractivity contribution in [1.29, 1.82) is 0 Å². The van der Waals surface area contributed by atoms with E-state index in [9.17, 15) is 34.0 Å². The molecule has 19 heteroatoms. The summed E-state index contributed by atoms with van der Waals surface area (Å²) in [6.07, 6.45) is -4.70. The van der Waals surface area contributed by atoms with Crippen molar-refractivity contribution in [1.82, 2.24) is 36.5 Å². The second kappa shape index (κ2) is 26.0. The number of halogens is 3. The van der Waals surface area contributed by atoms with E-state index in [2.05, 4.69) is 26.6 Å². The predicted molar refractivity (Wildman–Crippen MR) is 270 cm³/mol. The van der Waals surface area contributed by atoms with E-state index >= 15 is 13.2 Å². The molecule has 16 nitrogen and oxygen atoms in total. The van der Waals surface area contributed by atoms with E-state index in [1.54, 1.807) is 106 Å². The lowest BCUT2D eigenvalue weighted by Gasteiger charge is -2.50. The van der Waals surface area contributed by atoms with Crippen LogP contribution in [0.4, 0.5) is 22.8 Å². The topological polar surface area (TPSA) is 207 Å². The summed E-state index contributed by atoms with van der Waals surface area (Å²) in [5.41, 5.74) is -2.50.